The largest absolute Gasteiger partial charge is 0.329 e. The van der Waals surface area contributed by atoms with Crippen LogP contribution in [0.15, 0.2) is 0 Å². The van der Waals surface area contributed by atoms with Gasteiger partial charge in [0.05, 0.1) is 0 Å². The fourth-order valence-electron chi connectivity index (χ4n) is 3.37. The molecule has 1 fully saturated rings. The van der Waals surface area contributed by atoms with Crippen LogP contribution >= 0.6 is 0 Å². The molecule has 102 valence electrons. The first-order valence-corrected chi connectivity index (χ1v) is 7.67. The zero-order valence-electron chi connectivity index (χ0n) is 12.2. The van der Waals surface area contributed by atoms with Gasteiger partial charge in [0.1, 0.15) is 0 Å². The average Bonchev–Trinajstić information content (AvgIpc) is 2.57. The zero-order valence-corrected chi connectivity index (χ0v) is 12.2. The number of hydrogen-bond acceptors (Lipinski definition) is 2. The Morgan fingerprint density at radius 1 is 1.24 bits per heavy atom. The van der Waals surface area contributed by atoms with Gasteiger partial charge in [-0.15, -0.1) is 0 Å². The van der Waals surface area contributed by atoms with Crippen molar-refractivity contribution in [3.63, 3.8) is 0 Å². The molecule has 2 unspecified atom stereocenters. The molecule has 2 N–H and O–H groups in total. The van der Waals surface area contributed by atoms with E-state index in [0.717, 1.165) is 12.6 Å². The van der Waals surface area contributed by atoms with Gasteiger partial charge in [0, 0.05) is 18.1 Å². The van der Waals surface area contributed by atoms with Crippen molar-refractivity contribution in [3.05, 3.63) is 0 Å². The third-order valence-electron chi connectivity index (χ3n) is 4.70. The van der Waals surface area contributed by atoms with Gasteiger partial charge in [0.2, 0.25) is 0 Å². The lowest BCUT2D eigenvalue weighted by molar-refractivity contribution is 0.0442. The van der Waals surface area contributed by atoms with E-state index in [1.165, 1.54) is 57.9 Å². The lowest BCUT2D eigenvalue weighted by Crippen LogP contribution is -2.56. The van der Waals surface area contributed by atoms with Gasteiger partial charge in [-0.1, -0.05) is 39.5 Å². The van der Waals surface area contributed by atoms with Crippen LogP contribution in [0, 0.1) is 0 Å². The van der Waals surface area contributed by atoms with Crippen LogP contribution in [-0.4, -0.2) is 29.6 Å². The highest BCUT2D eigenvalue weighted by molar-refractivity contribution is 4.93. The highest BCUT2D eigenvalue weighted by Crippen LogP contribution is 2.31. The summed E-state index contributed by atoms with van der Waals surface area (Å²) < 4.78 is 0. The van der Waals surface area contributed by atoms with E-state index in [-0.39, 0.29) is 5.54 Å². The molecule has 1 saturated heterocycles. The molecule has 2 heteroatoms. The Morgan fingerprint density at radius 3 is 2.59 bits per heavy atom. The van der Waals surface area contributed by atoms with Crippen LogP contribution in [0.25, 0.3) is 0 Å². The lowest BCUT2D eigenvalue weighted by atomic mass is 9.86. The minimum atomic E-state index is 0.278. The number of unbranched alkanes of at least 4 members (excludes halogenated alkanes) is 1. The normalized spacial score (nSPS) is 26.5. The molecule has 0 aromatic carbocycles. The standard InChI is InChI=1S/C15H32N2/c1-4-6-11-15(5-2,13-16)17-12-9-7-8-10-14(17)3/h14H,4-13,16H2,1-3H3. The molecule has 0 saturated carbocycles. The van der Waals surface area contributed by atoms with Crippen molar-refractivity contribution in [1.29, 1.82) is 0 Å². The SMILES string of the molecule is CCCCC(CC)(CN)N1CCCCCC1C. The third-order valence-corrected chi connectivity index (χ3v) is 4.70. The molecule has 0 spiro atoms. The third kappa shape index (κ3) is 3.69. The predicted molar refractivity (Wildman–Crippen MR) is 76.2 cm³/mol. The Labute approximate surface area is 108 Å². The molecular weight excluding hydrogens is 208 g/mol. The van der Waals surface area contributed by atoms with Crippen LogP contribution in [0.1, 0.15) is 72.1 Å². The first-order chi connectivity index (χ1) is 8.20. The summed E-state index contributed by atoms with van der Waals surface area (Å²) in [6.45, 7) is 9.09. The number of likely N-dealkylation sites (tertiary alicyclic amines) is 1. The van der Waals surface area contributed by atoms with Gasteiger partial charge in [-0.25, -0.2) is 0 Å². The minimum absolute atomic E-state index is 0.278. The Hall–Kier alpha value is -0.0800. The van der Waals surface area contributed by atoms with E-state index in [1.54, 1.807) is 0 Å². The molecule has 2 nitrogen and oxygen atoms in total. The first kappa shape index (κ1) is 15.0. The van der Waals surface area contributed by atoms with E-state index in [4.69, 9.17) is 5.73 Å². The number of rotatable bonds is 6. The monoisotopic (exact) mass is 240 g/mol. The van der Waals surface area contributed by atoms with E-state index in [9.17, 15) is 0 Å². The van der Waals surface area contributed by atoms with Crippen LogP contribution < -0.4 is 5.73 Å². The minimum Gasteiger partial charge on any atom is -0.329 e. The average molecular weight is 240 g/mol. The van der Waals surface area contributed by atoms with Crippen LogP contribution in [-0.2, 0) is 0 Å². The predicted octanol–water partition coefficient (Wildman–Crippen LogP) is 3.55. The molecule has 17 heavy (non-hydrogen) atoms. The van der Waals surface area contributed by atoms with Crippen molar-refractivity contribution in [2.75, 3.05) is 13.1 Å². The van der Waals surface area contributed by atoms with Crippen molar-refractivity contribution in [2.45, 2.75) is 83.7 Å². The van der Waals surface area contributed by atoms with E-state index >= 15 is 0 Å². The molecule has 1 aliphatic rings. The molecule has 0 radical (unpaired) electrons. The summed E-state index contributed by atoms with van der Waals surface area (Å²) in [6.07, 6.45) is 10.6. The Bertz CT molecular complexity index is 199. The summed E-state index contributed by atoms with van der Waals surface area (Å²) in [5, 5.41) is 0. The summed E-state index contributed by atoms with van der Waals surface area (Å²) in [5.74, 6) is 0. The second-order valence-corrected chi connectivity index (χ2v) is 5.78. The first-order valence-electron chi connectivity index (χ1n) is 7.67. The molecule has 2 atom stereocenters. The van der Waals surface area contributed by atoms with E-state index in [0.29, 0.717) is 0 Å². The van der Waals surface area contributed by atoms with E-state index < -0.39 is 0 Å². The molecule has 1 heterocycles. The Kier molecular flexibility index (Phi) is 6.50. The molecule has 0 aliphatic carbocycles. The van der Waals surface area contributed by atoms with Crippen LogP contribution in [0.2, 0.25) is 0 Å². The molecule has 0 amide bonds. The van der Waals surface area contributed by atoms with Gasteiger partial charge in [-0.3, -0.25) is 4.90 Å². The van der Waals surface area contributed by atoms with Crippen molar-refractivity contribution in [1.82, 2.24) is 4.90 Å². The summed E-state index contributed by atoms with van der Waals surface area (Å²) in [7, 11) is 0. The van der Waals surface area contributed by atoms with Gasteiger partial charge >= 0.3 is 0 Å². The smallest absolute Gasteiger partial charge is 0.0331 e. The van der Waals surface area contributed by atoms with Gasteiger partial charge < -0.3 is 5.73 Å². The van der Waals surface area contributed by atoms with E-state index in [1.807, 2.05) is 0 Å². The Morgan fingerprint density at radius 2 is 2.00 bits per heavy atom. The topological polar surface area (TPSA) is 29.3 Å². The molecule has 0 bridgehead atoms. The fraction of sp³-hybridized carbons (Fsp3) is 1.00. The number of nitrogens with zero attached hydrogens (tertiary/aromatic N) is 1. The maximum absolute atomic E-state index is 6.16. The highest BCUT2D eigenvalue weighted by atomic mass is 15.2. The molecule has 1 rings (SSSR count). The van der Waals surface area contributed by atoms with Crippen molar-refractivity contribution < 1.29 is 0 Å². The van der Waals surface area contributed by atoms with Crippen LogP contribution in [0.3, 0.4) is 0 Å². The molecule has 0 aromatic rings. The second kappa shape index (κ2) is 7.38. The lowest BCUT2D eigenvalue weighted by Gasteiger charge is -2.46. The number of hydrogen-bond donors (Lipinski definition) is 1. The second-order valence-electron chi connectivity index (χ2n) is 5.78. The van der Waals surface area contributed by atoms with E-state index in [2.05, 4.69) is 25.7 Å². The number of nitrogens with two attached hydrogens (primary N) is 1. The van der Waals surface area contributed by atoms with Gasteiger partial charge in [-0.05, 0) is 39.2 Å². The molecule has 1 aliphatic heterocycles. The summed E-state index contributed by atoms with van der Waals surface area (Å²) in [4.78, 5) is 2.75. The molecule has 0 aromatic heterocycles. The zero-order chi connectivity index (χ0) is 12.7. The van der Waals surface area contributed by atoms with Crippen molar-refractivity contribution >= 4 is 0 Å². The Balaban J connectivity index is 2.78. The summed E-state index contributed by atoms with van der Waals surface area (Å²) in [6, 6.07) is 0.720. The van der Waals surface area contributed by atoms with Crippen LogP contribution in [0.5, 0.6) is 0 Å². The summed E-state index contributed by atoms with van der Waals surface area (Å²) >= 11 is 0. The van der Waals surface area contributed by atoms with Crippen molar-refractivity contribution in [2.24, 2.45) is 5.73 Å². The highest BCUT2D eigenvalue weighted by Gasteiger charge is 2.36. The van der Waals surface area contributed by atoms with Gasteiger partial charge in [0.15, 0.2) is 0 Å². The fourth-order valence-corrected chi connectivity index (χ4v) is 3.37. The van der Waals surface area contributed by atoms with Gasteiger partial charge in [0.25, 0.3) is 0 Å². The van der Waals surface area contributed by atoms with Crippen LogP contribution in [0.4, 0.5) is 0 Å². The maximum Gasteiger partial charge on any atom is 0.0331 e. The maximum atomic E-state index is 6.16. The summed E-state index contributed by atoms with van der Waals surface area (Å²) in [5.41, 5.74) is 6.44. The quantitative estimate of drug-likeness (QED) is 0.769. The van der Waals surface area contributed by atoms with Crippen molar-refractivity contribution in [3.8, 4) is 0 Å². The van der Waals surface area contributed by atoms with Gasteiger partial charge in [-0.2, -0.15) is 0 Å². The molecular formula is C15H32N2.